The van der Waals surface area contributed by atoms with Gasteiger partial charge in [0.2, 0.25) is 0 Å². The van der Waals surface area contributed by atoms with E-state index in [2.05, 4.69) is 6.58 Å². The normalized spacial score (nSPS) is 5.33. The zero-order chi connectivity index (χ0) is 4.28. The second-order valence-electron chi connectivity index (χ2n) is 0.506. The van der Waals surface area contributed by atoms with Crippen LogP contribution in [0.15, 0.2) is 6.58 Å². The van der Waals surface area contributed by atoms with E-state index in [1.807, 2.05) is 0 Å². The number of hydrogen-bond acceptors (Lipinski definition) is 2. The Morgan fingerprint density at radius 3 is 2.00 bits per heavy atom. The Labute approximate surface area is 85.6 Å². The molecule has 0 aliphatic heterocycles. The van der Waals surface area contributed by atoms with Crippen molar-refractivity contribution in [1.29, 1.82) is 5.41 Å². The van der Waals surface area contributed by atoms with Crippen molar-refractivity contribution in [2.45, 2.75) is 0 Å². The molecule has 28 valence electrons. The summed E-state index contributed by atoms with van der Waals surface area (Å²) in [7, 11) is 0. The molecule has 0 amide bonds. The molecule has 2 nitrogen and oxygen atoms in total. The Balaban J connectivity index is 0. The van der Waals surface area contributed by atoms with Gasteiger partial charge in [0.15, 0.2) is 0 Å². The van der Waals surface area contributed by atoms with Gasteiger partial charge >= 0.3 is 58.2 Å². The van der Waals surface area contributed by atoms with Gasteiger partial charge in [-0.05, 0) is 0 Å². The molecule has 0 fully saturated rings. The zero-order valence-electron chi connectivity index (χ0n) is 3.62. The van der Waals surface area contributed by atoms with Crippen molar-refractivity contribution >= 4 is 5.90 Å². The van der Waals surface area contributed by atoms with Crippen LogP contribution in [0.2, 0.25) is 0 Å². The Bertz CT molecular complexity index is 61.8. The molecule has 0 heterocycles. The van der Waals surface area contributed by atoms with E-state index in [0.717, 1.165) is 0 Å². The molecular weight excluding hydrogens is 152 g/mol. The van der Waals surface area contributed by atoms with Gasteiger partial charge in [-0.15, -0.1) is 0 Å². The number of rotatable bonds is 1. The van der Waals surface area contributed by atoms with Crippen LogP contribution in [0.1, 0.15) is 0 Å². The second-order valence-corrected chi connectivity index (χ2v) is 0.506. The molecule has 0 rings (SSSR count). The molecule has 0 bridgehead atoms. The van der Waals surface area contributed by atoms with Crippen LogP contribution in [-0.2, 0) is 0 Å². The van der Waals surface area contributed by atoms with Gasteiger partial charge in [0, 0.05) is 0 Å². The Morgan fingerprint density at radius 1 is 1.83 bits per heavy atom. The molecule has 0 aliphatic carbocycles. The van der Waals surface area contributed by atoms with Gasteiger partial charge < -0.3 is 16.6 Å². The van der Waals surface area contributed by atoms with Crippen LogP contribution in [0.4, 0.5) is 0 Å². The fourth-order valence-electron chi connectivity index (χ4n) is 0. The third-order valence-corrected chi connectivity index (χ3v) is 0.161. The standard InChI is InChI=1S/C3H4NO.Rb/c1-2-3(4)5;/h1H2,(H2,4,5);/q-1;+1/p-1. The molecule has 0 aromatic rings. The predicted octanol–water partition coefficient (Wildman–Crippen LogP) is -3.68. The molecule has 6 heavy (non-hydrogen) atoms. The third-order valence-electron chi connectivity index (χ3n) is 0.161. The van der Waals surface area contributed by atoms with Crippen LogP contribution in [0.3, 0.4) is 0 Å². The monoisotopic (exact) mass is 154 g/mol. The van der Waals surface area contributed by atoms with Gasteiger partial charge in [-0.3, -0.25) is 6.58 Å². The Hall–Kier alpha value is 1.02. The van der Waals surface area contributed by atoms with Crippen LogP contribution in [0.25, 0.3) is 0 Å². The summed E-state index contributed by atoms with van der Waals surface area (Å²) < 4.78 is 0. The van der Waals surface area contributed by atoms with E-state index in [0.29, 0.717) is 0 Å². The Kier molecular flexibility index (Phi) is 10.1. The van der Waals surface area contributed by atoms with Crippen molar-refractivity contribution in [1.82, 2.24) is 0 Å². The van der Waals surface area contributed by atoms with E-state index in [-0.39, 0.29) is 58.2 Å². The minimum absolute atomic E-state index is 0. The van der Waals surface area contributed by atoms with Gasteiger partial charge in [-0.2, -0.15) is 0 Å². The van der Waals surface area contributed by atoms with Crippen molar-refractivity contribution in [2.24, 2.45) is 0 Å². The molecule has 0 atom stereocenters. The van der Waals surface area contributed by atoms with Crippen molar-refractivity contribution in [3.63, 3.8) is 0 Å². The first-order valence-electron chi connectivity index (χ1n) is 1.06. The summed E-state index contributed by atoms with van der Waals surface area (Å²) in [6, 6.07) is 0. The number of hydrogen-bond donors (Lipinski definition) is 1. The van der Waals surface area contributed by atoms with Gasteiger partial charge in [-0.25, -0.2) is 5.90 Å². The van der Waals surface area contributed by atoms with Crippen LogP contribution >= 0.6 is 0 Å². The van der Waals surface area contributed by atoms with E-state index in [9.17, 15) is 5.11 Å². The smallest absolute Gasteiger partial charge is 0.886 e. The molecular formula is C3H3NORb-. The van der Waals surface area contributed by atoms with Crippen LogP contribution in [0, 0.1) is 11.5 Å². The Morgan fingerprint density at radius 2 is 2.00 bits per heavy atom. The predicted molar refractivity (Wildman–Crippen MR) is 16.6 cm³/mol. The van der Waals surface area contributed by atoms with Crippen molar-refractivity contribution in [3.8, 4) is 0 Å². The minimum atomic E-state index is -0.856. The van der Waals surface area contributed by atoms with Crippen molar-refractivity contribution in [2.75, 3.05) is 0 Å². The molecule has 0 unspecified atom stereocenters. The molecule has 0 radical (unpaired) electrons. The first kappa shape index (κ1) is 10.1. The molecule has 3 heteroatoms. The fourth-order valence-corrected chi connectivity index (χ4v) is 0. The van der Waals surface area contributed by atoms with Crippen LogP contribution in [-0.4, -0.2) is 5.90 Å². The first-order valence-corrected chi connectivity index (χ1v) is 1.06. The maximum Gasteiger partial charge on any atom is 1.00 e. The fraction of sp³-hybridized carbons (Fsp3) is 0. The van der Waals surface area contributed by atoms with E-state index in [1.54, 1.807) is 6.08 Å². The zero-order valence-corrected chi connectivity index (χ0v) is 8.53. The minimum Gasteiger partial charge on any atom is -0.886 e. The topological polar surface area (TPSA) is 46.9 Å². The molecule has 1 N–H and O–H groups in total. The van der Waals surface area contributed by atoms with Gasteiger partial charge in [-0.1, -0.05) is 0 Å². The second kappa shape index (κ2) is 6.02. The summed E-state index contributed by atoms with van der Waals surface area (Å²) in [6.07, 6.45) is 1.81. The van der Waals surface area contributed by atoms with Crippen molar-refractivity contribution in [3.05, 3.63) is 12.7 Å². The molecule has 0 spiro atoms. The summed E-state index contributed by atoms with van der Waals surface area (Å²) in [5.41, 5.74) is 0. The summed E-state index contributed by atoms with van der Waals surface area (Å²) >= 11 is 0. The van der Waals surface area contributed by atoms with Gasteiger partial charge in [0.05, 0.1) is 0 Å². The summed E-state index contributed by atoms with van der Waals surface area (Å²) in [5.74, 6) is -0.856. The molecule has 0 aromatic carbocycles. The van der Waals surface area contributed by atoms with Gasteiger partial charge in [0.1, 0.15) is 0 Å². The quantitative estimate of drug-likeness (QED) is 0.236. The summed E-state index contributed by atoms with van der Waals surface area (Å²) in [5, 5.41) is 15.3. The SMILES string of the molecule is C=[C-]C(=N)[O-].[Rb+]. The summed E-state index contributed by atoms with van der Waals surface area (Å²) in [6.45, 7) is 2.90. The van der Waals surface area contributed by atoms with Gasteiger partial charge in [0.25, 0.3) is 0 Å². The number of nitrogens with one attached hydrogen (secondary N) is 1. The van der Waals surface area contributed by atoms with E-state index < -0.39 is 5.90 Å². The third kappa shape index (κ3) is 8.89. The largest absolute Gasteiger partial charge is 1.00 e. The molecule has 0 aromatic heterocycles. The maximum atomic E-state index is 9.31. The van der Waals surface area contributed by atoms with E-state index in [4.69, 9.17) is 5.41 Å². The van der Waals surface area contributed by atoms with Crippen molar-refractivity contribution < 1.29 is 63.3 Å². The first-order chi connectivity index (χ1) is 2.27. The summed E-state index contributed by atoms with van der Waals surface area (Å²) in [4.78, 5) is 0. The molecule has 0 saturated carbocycles. The van der Waals surface area contributed by atoms with E-state index >= 15 is 0 Å². The average Bonchev–Trinajstić information content (AvgIpc) is 1.38. The molecule has 0 aliphatic rings. The van der Waals surface area contributed by atoms with Crippen LogP contribution < -0.4 is 63.3 Å². The van der Waals surface area contributed by atoms with E-state index in [1.165, 1.54) is 0 Å². The van der Waals surface area contributed by atoms with Crippen LogP contribution in [0.5, 0.6) is 0 Å². The maximum absolute atomic E-state index is 9.31. The molecule has 0 saturated heterocycles. The average molecular weight is 155 g/mol.